The summed E-state index contributed by atoms with van der Waals surface area (Å²) in [5.74, 6) is -1.77. The highest BCUT2D eigenvalue weighted by Crippen LogP contribution is 2.27. The maximum Gasteiger partial charge on any atom is 0.133 e. The van der Waals surface area contributed by atoms with Crippen LogP contribution in [0.5, 0.6) is 0 Å². The number of hydrogen-bond donors (Lipinski definition) is 1. The van der Waals surface area contributed by atoms with Gasteiger partial charge in [-0.25, -0.2) is 13.2 Å². The SMILES string of the molecule is NCc1cc(F)ccc1-c1ccc(F)cc1F. The van der Waals surface area contributed by atoms with E-state index in [1.165, 1.54) is 24.3 Å². The summed E-state index contributed by atoms with van der Waals surface area (Å²) in [6.07, 6.45) is 0. The van der Waals surface area contributed by atoms with Gasteiger partial charge in [-0.1, -0.05) is 6.07 Å². The summed E-state index contributed by atoms with van der Waals surface area (Å²) >= 11 is 0. The first kappa shape index (κ1) is 11.7. The van der Waals surface area contributed by atoms with Gasteiger partial charge in [0.05, 0.1) is 0 Å². The smallest absolute Gasteiger partial charge is 0.133 e. The number of rotatable bonds is 2. The lowest BCUT2D eigenvalue weighted by molar-refractivity contribution is 0.585. The second-order valence-corrected chi connectivity index (χ2v) is 3.63. The molecule has 0 aliphatic heterocycles. The van der Waals surface area contributed by atoms with Crippen LogP contribution in [-0.2, 0) is 6.54 Å². The molecule has 88 valence electrons. The standard InChI is InChI=1S/C13H10F3N/c14-9-1-3-11(8(5-9)7-17)12-4-2-10(15)6-13(12)16/h1-6H,7,17H2. The van der Waals surface area contributed by atoms with E-state index in [0.29, 0.717) is 11.1 Å². The van der Waals surface area contributed by atoms with Crippen molar-refractivity contribution >= 4 is 0 Å². The Labute approximate surface area is 96.7 Å². The molecule has 0 aliphatic rings. The lowest BCUT2D eigenvalue weighted by Crippen LogP contribution is -2.00. The zero-order valence-electron chi connectivity index (χ0n) is 8.88. The third-order valence-corrected chi connectivity index (χ3v) is 2.51. The molecule has 0 saturated heterocycles. The molecule has 0 aliphatic carbocycles. The van der Waals surface area contributed by atoms with Crippen molar-refractivity contribution in [3.05, 3.63) is 59.4 Å². The van der Waals surface area contributed by atoms with Crippen molar-refractivity contribution in [1.29, 1.82) is 0 Å². The van der Waals surface area contributed by atoms with Crippen LogP contribution in [0.3, 0.4) is 0 Å². The fourth-order valence-corrected chi connectivity index (χ4v) is 1.70. The van der Waals surface area contributed by atoms with Gasteiger partial charge >= 0.3 is 0 Å². The summed E-state index contributed by atoms with van der Waals surface area (Å²) in [7, 11) is 0. The van der Waals surface area contributed by atoms with Crippen LogP contribution in [0.1, 0.15) is 5.56 Å². The van der Waals surface area contributed by atoms with Crippen LogP contribution in [0.2, 0.25) is 0 Å². The Bertz CT molecular complexity index is 552. The average molecular weight is 237 g/mol. The molecule has 0 heterocycles. The molecule has 0 aromatic heterocycles. The van der Waals surface area contributed by atoms with Gasteiger partial charge in [0.1, 0.15) is 17.5 Å². The highest BCUT2D eigenvalue weighted by Gasteiger charge is 2.10. The molecule has 0 unspecified atom stereocenters. The first-order valence-electron chi connectivity index (χ1n) is 5.05. The predicted molar refractivity (Wildman–Crippen MR) is 59.6 cm³/mol. The minimum absolute atomic E-state index is 0.0872. The van der Waals surface area contributed by atoms with Gasteiger partial charge in [0, 0.05) is 18.2 Å². The molecule has 17 heavy (non-hydrogen) atoms. The fourth-order valence-electron chi connectivity index (χ4n) is 1.70. The summed E-state index contributed by atoms with van der Waals surface area (Å²) in [5.41, 5.74) is 6.65. The van der Waals surface area contributed by atoms with E-state index in [4.69, 9.17) is 5.73 Å². The van der Waals surface area contributed by atoms with E-state index < -0.39 is 17.5 Å². The highest BCUT2D eigenvalue weighted by molar-refractivity contribution is 5.68. The fraction of sp³-hybridized carbons (Fsp3) is 0.0769. The molecular weight excluding hydrogens is 227 g/mol. The second-order valence-electron chi connectivity index (χ2n) is 3.63. The molecule has 0 spiro atoms. The number of hydrogen-bond acceptors (Lipinski definition) is 1. The molecule has 0 fully saturated rings. The Balaban J connectivity index is 2.60. The van der Waals surface area contributed by atoms with Gasteiger partial charge in [-0.05, 0) is 35.4 Å². The van der Waals surface area contributed by atoms with Crippen LogP contribution in [-0.4, -0.2) is 0 Å². The molecule has 1 nitrogen and oxygen atoms in total. The van der Waals surface area contributed by atoms with E-state index in [-0.39, 0.29) is 12.1 Å². The van der Waals surface area contributed by atoms with E-state index in [2.05, 4.69) is 0 Å². The minimum atomic E-state index is -0.689. The zero-order chi connectivity index (χ0) is 12.4. The van der Waals surface area contributed by atoms with Crippen molar-refractivity contribution < 1.29 is 13.2 Å². The predicted octanol–water partition coefficient (Wildman–Crippen LogP) is 3.23. The van der Waals surface area contributed by atoms with Crippen LogP contribution in [0.15, 0.2) is 36.4 Å². The number of benzene rings is 2. The third-order valence-electron chi connectivity index (χ3n) is 2.51. The summed E-state index contributed by atoms with van der Waals surface area (Å²) in [5, 5.41) is 0. The molecule has 2 rings (SSSR count). The molecule has 0 bridgehead atoms. The van der Waals surface area contributed by atoms with Crippen LogP contribution in [0.4, 0.5) is 13.2 Å². The Morgan fingerprint density at radius 2 is 1.41 bits per heavy atom. The lowest BCUT2D eigenvalue weighted by Gasteiger charge is -2.09. The molecule has 0 amide bonds. The average Bonchev–Trinajstić information content (AvgIpc) is 2.30. The molecule has 0 radical (unpaired) electrons. The van der Waals surface area contributed by atoms with Gasteiger partial charge in [0.2, 0.25) is 0 Å². The van der Waals surface area contributed by atoms with E-state index in [9.17, 15) is 13.2 Å². The monoisotopic (exact) mass is 237 g/mol. The second kappa shape index (κ2) is 4.59. The van der Waals surface area contributed by atoms with E-state index >= 15 is 0 Å². The van der Waals surface area contributed by atoms with Gasteiger partial charge in [-0.3, -0.25) is 0 Å². The molecular formula is C13H10F3N. The first-order chi connectivity index (χ1) is 8.11. The molecule has 4 heteroatoms. The van der Waals surface area contributed by atoms with Crippen LogP contribution in [0.25, 0.3) is 11.1 Å². The Hall–Kier alpha value is -1.81. The highest BCUT2D eigenvalue weighted by atomic mass is 19.1. The quantitative estimate of drug-likeness (QED) is 0.852. The maximum atomic E-state index is 13.6. The lowest BCUT2D eigenvalue weighted by atomic mass is 9.99. The van der Waals surface area contributed by atoms with Gasteiger partial charge in [-0.2, -0.15) is 0 Å². The van der Waals surface area contributed by atoms with Crippen molar-refractivity contribution in [1.82, 2.24) is 0 Å². The number of halogens is 3. The summed E-state index contributed by atoms with van der Waals surface area (Å²) in [6, 6.07) is 7.17. The summed E-state index contributed by atoms with van der Waals surface area (Å²) in [6.45, 7) is 0.0872. The van der Waals surface area contributed by atoms with Crippen LogP contribution >= 0.6 is 0 Å². The van der Waals surface area contributed by atoms with Gasteiger partial charge in [0.15, 0.2) is 0 Å². The van der Waals surface area contributed by atoms with Crippen molar-refractivity contribution in [2.24, 2.45) is 5.73 Å². The van der Waals surface area contributed by atoms with E-state index in [1.54, 1.807) is 0 Å². The van der Waals surface area contributed by atoms with Crippen LogP contribution < -0.4 is 5.73 Å². The summed E-state index contributed by atoms with van der Waals surface area (Å²) < 4.78 is 39.4. The number of nitrogens with two attached hydrogens (primary N) is 1. The van der Waals surface area contributed by atoms with Crippen molar-refractivity contribution in [2.45, 2.75) is 6.54 Å². The summed E-state index contributed by atoms with van der Waals surface area (Å²) in [4.78, 5) is 0. The first-order valence-corrected chi connectivity index (χ1v) is 5.05. The largest absolute Gasteiger partial charge is 0.326 e. The van der Waals surface area contributed by atoms with Crippen molar-refractivity contribution in [2.75, 3.05) is 0 Å². The van der Waals surface area contributed by atoms with Gasteiger partial charge in [0.25, 0.3) is 0 Å². The third kappa shape index (κ3) is 2.31. The minimum Gasteiger partial charge on any atom is -0.326 e. The van der Waals surface area contributed by atoms with Gasteiger partial charge < -0.3 is 5.73 Å². The Morgan fingerprint density at radius 1 is 0.824 bits per heavy atom. The van der Waals surface area contributed by atoms with E-state index in [0.717, 1.165) is 12.1 Å². The molecule has 2 aromatic rings. The van der Waals surface area contributed by atoms with Gasteiger partial charge in [-0.15, -0.1) is 0 Å². The molecule has 2 aromatic carbocycles. The normalized spacial score (nSPS) is 10.6. The molecule has 0 saturated carbocycles. The Morgan fingerprint density at radius 3 is 2.00 bits per heavy atom. The van der Waals surface area contributed by atoms with Crippen LogP contribution in [0, 0.1) is 17.5 Å². The van der Waals surface area contributed by atoms with Crippen molar-refractivity contribution in [3.8, 4) is 11.1 Å². The molecule has 2 N–H and O–H groups in total. The topological polar surface area (TPSA) is 26.0 Å². The van der Waals surface area contributed by atoms with E-state index in [1.807, 2.05) is 0 Å². The maximum absolute atomic E-state index is 13.6. The molecule has 0 atom stereocenters. The Kier molecular flexibility index (Phi) is 3.15. The zero-order valence-corrected chi connectivity index (χ0v) is 8.88. The van der Waals surface area contributed by atoms with Crippen molar-refractivity contribution in [3.63, 3.8) is 0 Å².